The first-order valence-electron chi connectivity index (χ1n) is 17.4. The lowest BCUT2D eigenvalue weighted by Crippen LogP contribution is -2.67. The van der Waals surface area contributed by atoms with Crippen LogP contribution in [-0.2, 0) is 34.7 Å². The van der Waals surface area contributed by atoms with E-state index >= 15 is 0 Å². The molecule has 3 saturated heterocycles. The first kappa shape index (κ1) is 36.7. The van der Waals surface area contributed by atoms with Crippen LogP contribution in [0, 0.1) is 0 Å². The van der Waals surface area contributed by atoms with E-state index < -0.39 is 62.2 Å². The highest BCUT2D eigenvalue weighted by molar-refractivity contribution is 6.99. The van der Waals surface area contributed by atoms with Crippen LogP contribution in [0.25, 0.3) is 0 Å². The number of rotatable bonds is 10. The van der Waals surface area contributed by atoms with Gasteiger partial charge in [0.2, 0.25) is 0 Å². The summed E-state index contributed by atoms with van der Waals surface area (Å²) in [7, 11) is -3.02. The molecule has 0 unspecified atom stereocenters. The minimum absolute atomic E-state index is 0.00609. The van der Waals surface area contributed by atoms with Crippen molar-refractivity contribution in [3.05, 3.63) is 96.6 Å². The number of nitrogens with zero attached hydrogens (tertiary/aromatic N) is 1. The van der Waals surface area contributed by atoms with Crippen molar-refractivity contribution >= 4 is 24.8 Å². The maximum Gasteiger partial charge on any atom is 0.412 e. The third-order valence-corrected chi connectivity index (χ3v) is 15.2. The molecule has 50 heavy (non-hydrogen) atoms. The minimum atomic E-state index is -3.02. The van der Waals surface area contributed by atoms with Crippen LogP contribution in [-0.4, -0.2) is 90.5 Å². The zero-order chi connectivity index (χ0) is 36.0. The van der Waals surface area contributed by atoms with Gasteiger partial charge < -0.3 is 38.3 Å². The van der Waals surface area contributed by atoms with Gasteiger partial charge in [0.1, 0.15) is 30.1 Å². The summed E-state index contributed by atoms with van der Waals surface area (Å²) in [4.78, 5) is 15.0. The fourth-order valence-electron chi connectivity index (χ4n) is 7.75. The Morgan fingerprint density at radius 2 is 1.48 bits per heavy atom. The van der Waals surface area contributed by atoms with E-state index in [0.717, 1.165) is 15.9 Å². The number of carbonyl (C=O) groups is 1. The van der Waals surface area contributed by atoms with Crippen molar-refractivity contribution in [1.29, 1.82) is 0 Å². The third kappa shape index (κ3) is 6.90. The first-order chi connectivity index (χ1) is 23.6. The van der Waals surface area contributed by atoms with Crippen LogP contribution < -0.4 is 10.4 Å². The molecule has 3 heterocycles. The van der Waals surface area contributed by atoms with Crippen LogP contribution in [0.2, 0.25) is 5.04 Å². The number of amides is 1. The fourth-order valence-corrected chi connectivity index (χ4v) is 12.3. The maximum atomic E-state index is 13.5. The van der Waals surface area contributed by atoms with Gasteiger partial charge in [-0.1, -0.05) is 112 Å². The Kier molecular flexibility index (Phi) is 10.1. The summed E-state index contributed by atoms with van der Waals surface area (Å²) < 4.78 is 37.7. The number of aliphatic hydroxyl groups is 2. The molecule has 0 aromatic heterocycles. The van der Waals surface area contributed by atoms with Crippen LogP contribution >= 0.6 is 0 Å². The van der Waals surface area contributed by atoms with Gasteiger partial charge in [-0.3, -0.25) is 4.90 Å². The van der Waals surface area contributed by atoms with Gasteiger partial charge in [-0.15, -0.1) is 0 Å². The number of ether oxygens (including phenoxy) is 5. The van der Waals surface area contributed by atoms with Crippen LogP contribution in [0.4, 0.5) is 4.79 Å². The topological polar surface area (TPSA) is 116 Å². The molecular formula is C39H51NO9Si. The average Bonchev–Trinajstić information content (AvgIpc) is 3.65. The Morgan fingerprint density at radius 1 is 0.920 bits per heavy atom. The van der Waals surface area contributed by atoms with Crippen molar-refractivity contribution in [2.24, 2.45) is 0 Å². The molecule has 0 aliphatic carbocycles. The molecule has 3 aliphatic rings. The summed E-state index contributed by atoms with van der Waals surface area (Å²) in [6, 6.07) is 29.0. The van der Waals surface area contributed by atoms with Gasteiger partial charge >= 0.3 is 6.09 Å². The number of benzene rings is 3. The molecule has 1 amide bonds. The molecule has 6 atom stereocenters. The number of fused-ring (bicyclic) bond motifs is 1. The van der Waals surface area contributed by atoms with E-state index in [-0.39, 0.29) is 31.3 Å². The first-order valence-corrected chi connectivity index (χ1v) is 19.3. The molecular weight excluding hydrogens is 655 g/mol. The minimum Gasteiger partial charge on any atom is -0.444 e. The van der Waals surface area contributed by atoms with E-state index in [1.807, 2.05) is 66.7 Å². The molecule has 0 radical (unpaired) electrons. The van der Waals surface area contributed by atoms with Crippen LogP contribution in [0.15, 0.2) is 91.0 Å². The molecule has 0 bridgehead atoms. The van der Waals surface area contributed by atoms with E-state index in [2.05, 4.69) is 45.0 Å². The Balaban J connectivity index is 1.29. The van der Waals surface area contributed by atoms with Gasteiger partial charge in [-0.25, -0.2) is 4.79 Å². The SMILES string of the molecule is CC1(C)O[C@@H]2O[C@H](CO[Si](c3ccccc3)(c3ccccc3)C(C)(C)C)[C@@](O)(C[C@H](O)[C@H]3COC(C)(C)N3C(=O)OCc3ccccc3)[C@@H]2O1. The summed E-state index contributed by atoms with van der Waals surface area (Å²) in [5.74, 6) is -1.02. The van der Waals surface area contributed by atoms with Crippen LogP contribution in [0.3, 0.4) is 0 Å². The van der Waals surface area contributed by atoms with Crippen molar-refractivity contribution in [1.82, 2.24) is 4.90 Å². The van der Waals surface area contributed by atoms with E-state index in [9.17, 15) is 15.0 Å². The predicted molar refractivity (Wildman–Crippen MR) is 190 cm³/mol. The second-order valence-corrected chi connectivity index (χ2v) is 19.8. The molecule has 11 heteroatoms. The largest absolute Gasteiger partial charge is 0.444 e. The molecule has 3 fully saturated rings. The maximum absolute atomic E-state index is 13.5. The molecule has 2 N–H and O–H groups in total. The van der Waals surface area contributed by atoms with Crippen LogP contribution in [0.5, 0.6) is 0 Å². The van der Waals surface area contributed by atoms with Crippen molar-refractivity contribution in [3.8, 4) is 0 Å². The Hall–Kier alpha value is -3.13. The van der Waals surface area contributed by atoms with E-state index in [1.54, 1.807) is 27.7 Å². The van der Waals surface area contributed by atoms with E-state index in [0.29, 0.717) is 0 Å². The second kappa shape index (κ2) is 13.8. The summed E-state index contributed by atoms with van der Waals surface area (Å²) in [5, 5.41) is 26.5. The second-order valence-electron chi connectivity index (χ2n) is 15.5. The smallest absolute Gasteiger partial charge is 0.412 e. The molecule has 10 nitrogen and oxygen atoms in total. The summed E-state index contributed by atoms with van der Waals surface area (Å²) >= 11 is 0. The highest BCUT2D eigenvalue weighted by Crippen LogP contribution is 2.47. The Labute approximate surface area is 296 Å². The lowest BCUT2D eigenvalue weighted by atomic mass is 9.84. The van der Waals surface area contributed by atoms with Gasteiger partial charge in [0.05, 0.1) is 25.4 Å². The standard InChI is InChI=1S/C39H51NO9Si/c1-36(2,3)50(28-19-13-9-14-20-28,29-21-15-10-16-22-29)46-26-32-39(43,33-34(47-32)49-38(6,7)48-33)23-31(41)30-25-45-37(4,5)40(30)35(42)44-24-27-17-11-8-12-18-27/h8-22,30-34,41,43H,23-26H2,1-7H3/t30-,31+,32-,33-,34+,39+/m1/s1. The summed E-state index contributed by atoms with van der Waals surface area (Å²) in [5.41, 5.74) is -1.98. The van der Waals surface area contributed by atoms with Gasteiger partial charge in [-0.05, 0) is 48.7 Å². The average molecular weight is 706 g/mol. The van der Waals surface area contributed by atoms with Crippen molar-refractivity contribution < 1.29 is 43.1 Å². The van der Waals surface area contributed by atoms with Crippen molar-refractivity contribution in [3.63, 3.8) is 0 Å². The predicted octanol–water partition coefficient (Wildman–Crippen LogP) is 4.70. The van der Waals surface area contributed by atoms with E-state index in [4.69, 9.17) is 28.1 Å². The molecule has 3 aromatic carbocycles. The van der Waals surface area contributed by atoms with Crippen molar-refractivity contribution in [2.45, 2.75) is 114 Å². The molecule has 0 saturated carbocycles. The van der Waals surface area contributed by atoms with E-state index in [1.165, 1.54) is 4.90 Å². The van der Waals surface area contributed by atoms with Gasteiger partial charge in [0.15, 0.2) is 12.1 Å². The molecule has 3 aliphatic heterocycles. The summed E-state index contributed by atoms with van der Waals surface area (Å²) in [6.07, 6.45) is -4.81. The number of hydrogen-bond donors (Lipinski definition) is 2. The highest BCUT2D eigenvalue weighted by atomic mass is 28.4. The molecule has 270 valence electrons. The Bertz CT molecular complexity index is 1560. The van der Waals surface area contributed by atoms with Crippen LogP contribution in [0.1, 0.15) is 60.5 Å². The summed E-state index contributed by atoms with van der Waals surface area (Å²) in [6.45, 7) is 13.7. The zero-order valence-corrected chi connectivity index (χ0v) is 31.1. The van der Waals surface area contributed by atoms with Crippen molar-refractivity contribution in [2.75, 3.05) is 13.2 Å². The normalized spacial score (nSPS) is 28.0. The lowest BCUT2D eigenvalue weighted by molar-refractivity contribution is -0.236. The van der Waals surface area contributed by atoms with Gasteiger partial charge in [0, 0.05) is 6.42 Å². The highest BCUT2D eigenvalue weighted by Gasteiger charge is 2.65. The molecule has 6 rings (SSSR count). The quantitative estimate of drug-likeness (QED) is 0.290. The van der Waals surface area contributed by atoms with Gasteiger partial charge in [-0.2, -0.15) is 0 Å². The zero-order valence-electron chi connectivity index (χ0n) is 30.1. The Morgan fingerprint density at radius 3 is 2.04 bits per heavy atom. The number of hydrogen-bond acceptors (Lipinski definition) is 9. The fraction of sp³-hybridized carbons (Fsp3) is 0.513. The number of carbonyl (C=O) groups excluding carboxylic acids is 1. The molecule has 3 aromatic rings. The third-order valence-electron chi connectivity index (χ3n) is 10.2. The monoisotopic (exact) mass is 705 g/mol. The van der Waals surface area contributed by atoms with Gasteiger partial charge in [0.25, 0.3) is 8.32 Å². The molecule has 0 spiro atoms. The lowest BCUT2D eigenvalue weighted by Gasteiger charge is -2.44. The number of aliphatic hydroxyl groups excluding tert-OH is 1.